The first-order valence-electron chi connectivity index (χ1n) is 12.9. The molecule has 1 unspecified atom stereocenters. The van der Waals surface area contributed by atoms with E-state index < -0.39 is 18.1 Å². The summed E-state index contributed by atoms with van der Waals surface area (Å²) in [7, 11) is 0. The molecule has 0 spiro atoms. The molecule has 2 aromatic rings. The molecule has 1 aliphatic heterocycles. The lowest BCUT2D eigenvalue weighted by Crippen LogP contribution is -2.56. The maximum Gasteiger partial charge on any atom is 0.329 e. The van der Waals surface area contributed by atoms with Gasteiger partial charge in [0.05, 0.1) is 11.5 Å². The number of hydrogen-bond donors (Lipinski definition) is 3. The first-order valence-corrected chi connectivity index (χ1v) is 12.9. The van der Waals surface area contributed by atoms with E-state index in [2.05, 4.69) is 20.3 Å². The Morgan fingerprint density at radius 2 is 1.69 bits per heavy atom. The summed E-state index contributed by atoms with van der Waals surface area (Å²) in [5.74, 6) is 1.77. The number of carbonyl (C=O) groups is 2. The molecule has 5 fully saturated rings. The van der Waals surface area contributed by atoms with Crippen LogP contribution in [0, 0.1) is 23.2 Å². The monoisotopic (exact) mass is 492 g/mol. The van der Waals surface area contributed by atoms with E-state index in [4.69, 9.17) is 10.5 Å². The van der Waals surface area contributed by atoms with E-state index in [0.717, 1.165) is 24.9 Å². The number of hydrogen-bond acceptors (Lipinski definition) is 9. The standard InChI is InChI=1S/C26H32N6O4/c27-24-29-21(30-25(31-24)28-18-4-2-1-3-5-18)14-36-22(34)20-9-19(33)13-32(20)23(35)26-10-15-6-16(11-26)8-17(7-15)12-26/h1-5,15-17,19-20,33H,6-14H2,(H3,27,28,29,30,31)/t15?,16?,17?,19?,20-,26?/m0/s1. The van der Waals surface area contributed by atoms with Crippen molar-refractivity contribution in [1.29, 1.82) is 0 Å². The van der Waals surface area contributed by atoms with Gasteiger partial charge in [-0.2, -0.15) is 15.0 Å². The Morgan fingerprint density at radius 3 is 2.36 bits per heavy atom. The van der Waals surface area contributed by atoms with Gasteiger partial charge in [0, 0.05) is 18.7 Å². The van der Waals surface area contributed by atoms with Crippen LogP contribution in [0.5, 0.6) is 0 Å². The van der Waals surface area contributed by atoms with E-state index in [-0.39, 0.29) is 48.6 Å². The number of nitrogen functional groups attached to an aromatic ring is 1. The second-order valence-electron chi connectivity index (χ2n) is 11.1. The number of amides is 1. The van der Waals surface area contributed by atoms with Crippen LogP contribution in [0.15, 0.2) is 30.3 Å². The number of benzene rings is 1. The molecule has 7 rings (SSSR count). The number of esters is 1. The van der Waals surface area contributed by atoms with Crippen LogP contribution in [0.3, 0.4) is 0 Å². The molecule has 0 radical (unpaired) electrons. The van der Waals surface area contributed by atoms with Gasteiger partial charge in [0.25, 0.3) is 0 Å². The smallest absolute Gasteiger partial charge is 0.329 e. The minimum Gasteiger partial charge on any atom is -0.456 e. The number of aliphatic hydroxyl groups excluding tert-OH is 1. The fraction of sp³-hybridized carbons (Fsp3) is 0.577. The highest BCUT2D eigenvalue weighted by molar-refractivity contribution is 5.89. The Hall–Kier alpha value is -3.27. The van der Waals surface area contributed by atoms with E-state index in [1.54, 1.807) is 4.90 Å². The third-order valence-electron chi connectivity index (χ3n) is 8.38. The number of β-amino-alcohol motifs (C(OH)–C–C–N with tert-alkyl or cyclic N) is 1. The van der Waals surface area contributed by atoms with Crippen molar-refractivity contribution in [1.82, 2.24) is 19.9 Å². The summed E-state index contributed by atoms with van der Waals surface area (Å²) in [5.41, 5.74) is 6.24. The van der Waals surface area contributed by atoms with Gasteiger partial charge in [-0.05, 0) is 68.4 Å². The maximum atomic E-state index is 13.8. The first-order chi connectivity index (χ1) is 17.4. The quantitative estimate of drug-likeness (QED) is 0.518. The predicted octanol–water partition coefficient (Wildman–Crippen LogP) is 2.42. The third-order valence-corrected chi connectivity index (χ3v) is 8.38. The Balaban J connectivity index is 1.13. The fourth-order valence-corrected chi connectivity index (χ4v) is 7.38. The van der Waals surface area contributed by atoms with Crippen LogP contribution < -0.4 is 11.1 Å². The number of carbonyl (C=O) groups excluding carboxylic acids is 2. The van der Waals surface area contributed by atoms with Crippen LogP contribution >= 0.6 is 0 Å². The van der Waals surface area contributed by atoms with Gasteiger partial charge in [-0.25, -0.2) is 4.79 Å². The average Bonchev–Trinajstić information content (AvgIpc) is 3.23. The number of rotatable bonds is 6. The first kappa shape index (κ1) is 23.1. The molecule has 2 heterocycles. The van der Waals surface area contributed by atoms with E-state index in [1.165, 1.54) is 19.3 Å². The van der Waals surface area contributed by atoms with Crippen molar-refractivity contribution in [2.75, 3.05) is 17.6 Å². The van der Waals surface area contributed by atoms with Crippen molar-refractivity contribution in [2.45, 2.75) is 63.7 Å². The van der Waals surface area contributed by atoms with Crippen LogP contribution in [0.25, 0.3) is 0 Å². The summed E-state index contributed by atoms with van der Waals surface area (Å²) in [6.07, 6.45) is 5.87. The average molecular weight is 493 g/mol. The molecular weight excluding hydrogens is 460 g/mol. The number of nitrogens with zero attached hydrogens (tertiary/aromatic N) is 4. The summed E-state index contributed by atoms with van der Waals surface area (Å²) in [5, 5.41) is 13.4. The molecule has 4 bridgehead atoms. The Labute approximate surface area is 209 Å². The van der Waals surface area contributed by atoms with Crippen molar-refractivity contribution in [3.63, 3.8) is 0 Å². The summed E-state index contributed by atoms with van der Waals surface area (Å²) in [6, 6.07) is 8.57. The number of ether oxygens (including phenoxy) is 1. The molecular formula is C26H32N6O4. The number of aromatic nitrogens is 3. The van der Waals surface area contributed by atoms with Gasteiger partial charge in [0.1, 0.15) is 6.04 Å². The topological polar surface area (TPSA) is 144 Å². The van der Waals surface area contributed by atoms with Gasteiger partial charge in [0.15, 0.2) is 12.4 Å². The SMILES string of the molecule is Nc1nc(COC(=O)[C@@H]2CC(O)CN2C(=O)C23CC4CC(CC(C4)C2)C3)nc(Nc2ccccc2)n1. The van der Waals surface area contributed by atoms with Crippen LogP contribution in [0.1, 0.15) is 50.8 Å². The minimum atomic E-state index is -0.804. The number of likely N-dealkylation sites (tertiary alicyclic amines) is 1. The summed E-state index contributed by atoms with van der Waals surface area (Å²) in [6.45, 7) is -0.0365. The molecule has 4 aliphatic carbocycles. The Morgan fingerprint density at radius 1 is 1.03 bits per heavy atom. The number of aliphatic hydroxyl groups is 1. The molecule has 1 amide bonds. The normalized spacial score (nSPS) is 32.5. The second kappa shape index (κ2) is 8.99. The highest BCUT2D eigenvalue weighted by atomic mass is 16.5. The molecule has 5 aliphatic rings. The molecule has 1 saturated heterocycles. The predicted molar refractivity (Wildman–Crippen MR) is 130 cm³/mol. The molecule has 4 N–H and O–H groups in total. The van der Waals surface area contributed by atoms with Crippen LogP contribution in [-0.4, -0.2) is 55.5 Å². The lowest BCUT2D eigenvalue weighted by Gasteiger charge is -2.56. The number of para-hydroxylation sites is 1. The van der Waals surface area contributed by atoms with E-state index in [0.29, 0.717) is 17.8 Å². The van der Waals surface area contributed by atoms with E-state index in [1.807, 2.05) is 30.3 Å². The van der Waals surface area contributed by atoms with Gasteiger partial charge in [0.2, 0.25) is 17.8 Å². The molecule has 10 heteroatoms. The van der Waals surface area contributed by atoms with Crippen LogP contribution in [0.2, 0.25) is 0 Å². The lowest BCUT2D eigenvalue weighted by molar-refractivity contribution is -0.166. The summed E-state index contributed by atoms with van der Waals surface area (Å²) < 4.78 is 5.54. The molecule has 4 saturated carbocycles. The van der Waals surface area contributed by atoms with Crippen molar-refractivity contribution in [3.05, 3.63) is 36.2 Å². The molecule has 1 aromatic heterocycles. The Bertz CT molecular complexity index is 1120. The number of anilines is 3. The van der Waals surface area contributed by atoms with Gasteiger partial charge in [-0.15, -0.1) is 0 Å². The zero-order valence-electron chi connectivity index (χ0n) is 20.2. The van der Waals surface area contributed by atoms with Crippen LogP contribution in [-0.2, 0) is 20.9 Å². The van der Waals surface area contributed by atoms with E-state index in [9.17, 15) is 14.7 Å². The highest BCUT2D eigenvalue weighted by Gasteiger charge is 2.57. The zero-order valence-corrected chi connectivity index (χ0v) is 20.2. The maximum absolute atomic E-state index is 13.8. The lowest BCUT2D eigenvalue weighted by atomic mass is 9.49. The minimum absolute atomic E-state index is 0.00406. The molecule has 2 atom stereocenters. The summed E-state index contributed by atoms with van der Waals surface area (Å²) in [4.78, 5) is 41.0. The van der Waals surface area contributed by atoms with Crippen molar-refractivity contribution in [2.24, 2.45) is 23.2 Å². The van der Waals surface area contributed by atoms with Crippen molar-refractivity contribution < 1.29 is 19.4 Å². The summed E-state index contributed by atoms with van der Waals surface area (Å²) >= 11 is 0. The third kappa shape index (κ3) is 4.38. The van der Waals surface area contributed by atoms with Crippen molar-refractivity contribution in [3.8, 4) is 0 Å². The van der Waals surface area contributed by atoms with Gasteiger partial charge < -0.3 is 25.8 Å². The largest absolute Gasteiger partial charge is 0.456 e. The van der Waals surface area contributed by atoms with Crippen molar-refractivity contribution >= 4 is 29.5 Å². The zero-order chi connectivity index (χ0) is 24.9. The molecule has 10 nitrogen and oxygen atoms in total. The second-order valence-corrected chi connectivity index (χ2v) is 11.1. The van der Waals surface area contributed by atoms with E-state index >= 15 is 0 Å². The number of nitrogens with two attached hydrogens (primary N) is 1. The molecule has 190 valence electrons. The molecule has 36 heavy (non-hydrogen) atoms. The fourth-order valence-electron chi connectivity index (χ4n) is 7.38. The number of nitrogens with one attached hydrogen (secondary N) is 1. The molecule has 1 aromatic carbocycles. The van der Waals surface area contributed by atoms with Gasteiger partial charge in [-0.3, -0.25) is 4.79 Å². The Kier molecular flexibility index (Phi) is 5.78. The van der Waals surface area contributed by atoms with Crippen LogP contribution in [0.4, 0.5) is 17.6 Å². The van der Waals surface area contributed by atoms with Gasteiger partial charge >= 0.3 is 5.97 Å². The van der Waals surface area contributed by atoms with Gasteiger partial charge in [-0.1, -0.05) is 18.2 Å². The highest BCUT2D eigenvalue weighted by Crippen LogP contribution is 2.60.